The van der Waals surface area contributed by atoms with Gasteiger partial charge in [-0.15, -0.1) is 0 Å². The molecule has 2 aliphatic rings. The van der Waals surface area contributed by atoms with E-state index in [-0.39, 0.29) is 24.5 Å². The summed E-state index contributed by atoms with van der Waals surface area (Å²) in [6.07, 6.45) is 1.64. The summed E-state index contributed by atoms with van der Waals surface area (Å²) in [6, 6.07) is 1.64. The van der Waals surface area contributed by atoms with Crippen LogP contribution in [-0.2, 0) is 30.8 Å². The lowest BCUT2D eigenvalue weighted by Crippen LogP contribution is -2.45. The van der Waals surface area contributed by atoms with E-state index in [0.29, 0.717) is 15.6 Å². The number of nitrogens with zero attached hydrogens (tertiary/aromatic N) is 2. The minimum Gasteiger partial charge on any atom is -0.467 e. The number of nitrogens with one attached hydrogen (secondary N) is 1. The molecule has 0 radical (unpaired) electrons. The van der Waals surface area contributed by atoms with E-state index in [9.17, 15) is 27.6 Å². The Morgan fingerprint density at radius 3 is 2.56 bits per heavy atom. The van der Waals surface area contributed by atoms with Crippen LogP contribution in [0.5, 0.6) is 0 Å². The highest BCUT2D eigenvalue weighted by molar-refractivity contribution is 7.91. The fraction of sp³-hybridized carbons (Fsp3) is 0.429. The Hall–Kier alpha value is -2.69. The van der Waals surface area contributed by atoms with Crippen LogP contribution >= 0.6 is 0 Å². The molecule has 1 unspecified atom stereocenters. The zero-order valence-electron chi connectivity index (χ0n) is 13.0. The molecule has 0 aliphatic carbocycles. The van der Waals surface area contributed by atoms with E-state index in [2.05, 4.69) is 5.32 Å². The molecular weight excluding hydrogens is 354 g/mol. The molecule has 0 saturated carbocycles. The Bertz CT molecular complexity index is 831. The SMILES string of the molecule is O=C(CN1C(=O)C(=O)N(Cc2ccco2)C1=O)NC1CCS(=O)(=O)C1. The summed E-state index contributed by atoms with van der Waals surface area (Å²) in [5, 5.41) is 2.47. The zero-order valence-corrected chi connectivity index (χ0v) is 13.8. The summed E-state index contributed by atoms with van der Waals surface area (Å²) in [4.78, 5) is 49.3. The predicted molar refractivity (Wildman–Crippen MR) is 81.6 cm³/mol. The lowest BCUT2D eigenvalue weighted by Gasteiger charge is -2.16. The van der Waals surface area contributed by atoms with Crippen molar-refractivity contribution in [3.05, 3.63) is 24.2 Å². The molecule has 2 fully saturated rings. The Morgan fingerprint density at radius 1 is 1.24 bits per heavy atom. The van der Waals surface area contributed by atoms with Crippen molar-refractivity contribution in [3.8, 4) is 0 Å². The zero-order chi connectivity index (χ0) is 18.2. The lowest BCUT2D eigenvalue weighted by atomic mass is 10.2. The van der Waals surface area contributed by atoms with Gasteiger partial charge >= 0.3 is 17.8 Å². The van der Waals surface area contributed by atoms with Gasteiger partial charge in [0, 0.05) is 6.04 Å². The van der Waals surface area contributed by atoms with Gasteiger partial charge in [0.1, 0.15) is 12.3 Å². The van der Waals surface area contributed by atoms with Crippen molar-refractivity contribution < 1.29 is 32.0 Å². The molecule has 0 aromatic carbocycles. The third-order valence-corrected chi connectivity index (χ3v) is 5.70. The monoisotopic (exact) mass is 369 g/mol. The molecule has 134 valence electrons. The second-order valence-corrected chi connectivity index (χ2v) is 8.04. The van der Waals surface area contributed by atoms with Crippen LogP contribution in [0.25, 0.3) is 0 Å². The largest absolute Gasteiger partial charge is 0.467 e. The number of furan rings is 1. The third kappa shape index (κ3) is 3.55. The molecule has 3 rings (SSSR count). The van der Waals surface area contributed by atoms with Gasteiger partial charge in [0.25, 0.3) is 0 Å². The summed E-state index contributed by atoms with van der Waals surface area (Å²) < 4.78 is 27.8. The molecule has 2 saturated heterocycles. The van der Waals surface area contributed by atoms with Crippen LogP contribution in [0, 0.1) is 0 Å². The quantitative estimate of drug-likeness (QED) is 0.513. The predicted octanol–water partition coefficient (Wildman–Crippen LogP) is -1.13. The molecule has 2 aliphatic heterocycles. The first-order valence-electron chi connectivity index (χ1n) is 7.46. The molecule has 3 heterocycles. The van der Waals surface area contributed by atoms with Crippen molar-refractivity contribution in [1.82, 2.24) is 15.1 Å². The van der Waals surface area contributed by atoms with Gasteiger partial charge in [-0.05, 0) is 18.6 Å². The molecule has 1 aromatic heterocycles. The average molecular weight is 369 g/mol. The summed E-state index contributed by atoms with van der Waals surface area (Å²) in [5.74, 6) is -2.73. The van der Waals surface area contributed by atoms with Crippen LogP contribution < -0.4 is 5.32 Å². The second kappa shape index (κ2) is 6.31. The molecule has 1 aromatic rings. The van der Waals surface area contributed by atoms with Gasteiger partial charge in [-0.3, -0.25) is 14.4 Å². The molecule has 1 atom stereocenters. The maximum atomic E-state index is 12.2. The highest BCUT2D eigenvalue weighted by atomic mass is 32.2. The van der Waals surface area contributed by atoms with E-state index in [1.165, 1.54) is 6.26 Å². The topological polar surface area (TPSA) is 134 Å². The second-order valence-electron chi connectivity index (χ2n) is 5.81. The third-order valence-electron chi connectivity index (χ3n) is 3.93. The highest BCUT2D eigenvalue weighted by Gasteiger charge is 2.45. The van der Waals surface area contributed by atoms with Gasteiger partial charge in [-0.25, -0.2) is 23.0 Å². The minimum absolute atomic E-state index is 0.0189. The van der Waals surface area contributed by atoms with Crippen molar-refractivity contribution >= 4 is 33.6 Å². The van der Waals surface area contributed by atoms with Crippen molar-refractivity contribution in [2.24, 2.45) is 0 Å². The summed E-state index contributed by atoms with van der Waals surface area (Å²) >= 11 is 0. The van der Waals surface area contributed by atoms with E-state index in [1.807, 2.05) is 0 Å². The molecule has 1 N–H and O–H groups in total. The van der Waals surface area contributed by atoms with E-state index in [0.717, 1.165) is 0 Å². The first-order chi connectivity index (χ1) is 11.8. The van der Waals surface area contributed by atoms with E-state index < -0.39 is 46.2 Å². The number of hydrogen-bond acceptors (Lipinski definition) is 7. The van der Waals surface area contributed by atoms with Crippen LogP contribution in [0.2, 0.25) is 0 Å². The number of hydrogen-bond donors (Lipinski definition) is 1. The normalized spacial score (nSPS) is 22.7. The number of imide groups is 2. The number of urea groups is 1. The fourth-order valence-corrected chi connectivity index (χ4v) is 4.39. The number of rotatable bonds is 5. The van der Waals surface area contributed by atoms with E-state index in [1.54, 1.807) is 12.1 Å². The number of amides is 5. The first kappa shape index (κ1) is 17.1. The van der Waals surface area contributed by atoms with Gasteiger partial charge in [-0.2, -0.15) is 0 Å². The van der Waals surface area contributed by atoms with Crippen LogP contribution in [0.15, 0.2) is 22.8 Å². The smallest absolute Gasteiger partial charge is 0.335 e. The van der Waals surface area contributed by atoms with Gasteiger partial charge in [0.2, 0.25) is 5.91 Å². The summed E-state index contributed by atoms with van der Waals surface area (Å²) in [5.41, 5.74) is 0. The van der Waals surface area contributed by atoms with E-state index >= 15 is 0 Å². The van der Waals surface area contributed by atoms with Gasteiger partial charge in [0.05, 0.1) is 24.3 Å². The van der Waals surface area contributed by atoms with Crippen LogP contribution in [0.1, 0.15) is 12.2 Å². The molecule has 10 nitrogen and oxygen atoms in total. The van der Waals surface area contributed by atoms with Crippen LogP contribution in [0.4, 0.5) is 4.79 Å². The van der Waals surface area contributed by atoms with Gasteiger partial charge in [0.15, 0.2) is 9.84 Å². The molecule has 25 heavy (non-hydrogen) atoms. The van der Waals surface area contributed by atoms with Gasteiger partial charge in [-0.1, -0.05) is 0 Å². The Morgan fingerprint density at radius 2 is 1.96 bits per heavy atom. The standard InChI is InChI=1S/C14H15N3O7S/c18-11(15-9-3-5-25(22,23)8-9)7-17-13(20)12(19)16(14(17)21)6-10-2-1-4-24-10/h1-2,4,9H,3,5-8H2,(H,15,18). The number of carbonyl (C=O) groups is 4. The Kier molecular flexibility index (Phi) is 4.33. The minimum atomic E-state index is -3.17. The van der Waals surface area contributed by atoms with Crippen molar-refractivity contribution in [1.29, 1.82) is 0 Å². The summed E-state index contributed by atoms with van der Waals surface area (Å²) in [7, 11) is -3.17. The molecule has 0 bridgehead atoms. The fourth-order valence-electron chi connectivity index (χ4n) is 2.71. The lowest BCUT2D eigenvalue weighted by molar-refractivity contribution is -0.144. The Labute approximate surface area is 142 Å². The molecule has 0 spiro atoms. The molecule has 5 amide bonds. The highest BCUT2D eigenvalue weighted by Crippen LogP contribution is 2.16. The molecular formula is C14H15N3O7S. The van der Waals surface area contributed by atoms with E-state index in [4.69, 9.17) is 4.42 Å². The van der Waals surface area contributed by atoms with Crippen molar-refractivity contribution in [2.75, 3.05) is 18.1 Å². The average Bonchev–Trinajstić information content (AvgIpc) is 3.21. The first-order valence-corrected chi connectivity index (χ1v) is 9.28. The van der Waals surface area contributed by atoms with Crippen LogP contribution in [0.3, 0.4) is 0 Å². The maximum absolute atomic E-state index is 12.2. The number of carbonyl (C=O) groups excluding carboxylic acids is 4. The molecule has 11 heteroatoms. The Balaban J connectivity index is 1.62. The van der Waals surface area contributed by atoms with Crippen LogP contribution in [-0.4, -0.2) is 66.1 Å². The van der Waals surface area contributed by atoms with Gasteiger partial charge < -0.3 is 9.73 Å². The maximum Gasteiger partial charge on any atom is 0.335 e. The van der Waals surface area contributed by atoms with Crippen molar-refractivity contribution in [3.63, 3.8) is 0 Å². The summed E-state index contributed by atoms with van der Waals surface area (Å²) in [6.45, 7) is -0.857. The van der Waals surface area contributed by atoms with Crippen molar-refractivity contribution in [2.45, 2.75) is 19.0 Å². The number of sulfone groups is 1.